The van der Waals surface area contributed by atoms with Gasteiger partial charge < -0.3 is 10.5 Å². The maximum atomic E-state index is 8.69. The molecule has 0 amide bonds. The third kappa shape index (κ3) is 2.67. The molecular formula is C10H15N5OS. The first-order valence-corrected chi connectivity index (χ1v) is 6.66. The molecule has 17 heavy (non-hydrogen) atoms. The van der Waals surface area contributed by atoms with E-state index in [0.717, 1.165) is 35.6 Å². The van der Waals surface area contributed by atoms with Gasteiger partial charge in [0.2, 0.25) is 0 Å². The van der Waals surface area contributed by atoms with Gasteiger partial charge in [0, 0.05) is 13.2 Å². The van der Waals surface area contributed by atoms with Crippen molar-refractivity contribution in [1.82, 2.24) is 19.6 Å². The molecule has 2 aromatic heterocycles. The number of aliphatic hydroxyl groups is 1. The van der Waals surface area contributed by atoms with Crippen molar-refractivity contribution in [3.63, 3.8) is 0 Å². The number of nitrogens with one attached hydrogen (secondary N) is 1. The van der Waals surface area contributed by atoms with E-state index in [9.17, 15) is 0 Å². The van der Waals surface area contributed by atoms with Crippen LogP contribution in [0.25, 0.3) is 11.2 Å². The third-order valence-corrected chi connectivity index (χ3v) is 3.05. The van der Waals surface area contributed by atoms with Crippen molar-refractivity contribution >= 4 is 22.9 Å². The molecule has 2 aromatic rings. The molecule has 2 N–H and O–H groups in total. The van der Waals surface area contributed by atoms with Crippen LogP contribution < -0.4 is 5.43 Å². The summed E-state index contributed by atoms with van der Waals surface area (Å²) in [7, 11) is 0. The Balaban J connectivity index is 2.13. The number of imidazole rings is 1. The monoisotopic (exact) mass is 253 g/mol. The lowest BCUT2D eigenvalue weighted by molar-refractivity contribution is 0.285. The van der Waals surface area contributed by atoms with Crippen LogP contribution in [-0.4, -0.2) is 44.1 Å². The highest BCUT2D eigenvalue weighted by atomic mass is 32.2. The fraction of sp³-hybridized carbons (Fsp3) is 0.500. The minimum Gasteiger partial charge on any atom is -0.396 e. The molecule has 0 bridgehead atoms. The molecule has 0 atom stereocenters. The molecule has 2 heterocycles. The van der Waals surface area contributed by atoms with Crippen LogP contribution in [0.5, 0.6) is 0 Å². The summed E-state index contributed by atoms with van der Waals surface area (Å²) in [4.78, 5) is 12.7. The van der Waals surface area contributed by atoms with Gasteiger partial charge in [0.1, 0.15) is 23.2 Å². The number of rotatable bonds is 6. The first kappa shape index (κ1) is 12.1. The zero-order chi connectivity index (χ0) is 12.1. The quantitative estimate of drug-likeness (QED) is 0.452. The molecule has 0 aliphatic carbocycles. The highest BCUT2D eigenvalue weighted by Crippen LogP contribution is 2.19. The molecule has 0 unspecified atom stereocenters. The summed E-state index contributed by atoms with van der Waals surface area (Å²) in [5, 5.41) is 9.57. The van der Waals surface area contributed by atoms with Crippen molar-refractivity contribution in [2.24, 2.45) is 0 Å². The number of thioether (sulfide) groups is 1. The van der Waals surface area contributed by atoms with Crippen LogP contribution in [0.15, 0.2) is 17.7 Å². The first-order valence-electron chi connectivity index (χ1n) is 5.43. The number of nitrogens with zero attached hydrogens (tertiary/aromatic N) is 4. The van der Waals surface area contributed by atoms with Crippen LogP contribution in [0.4, 0.5) is 0 Å². The Hall–Kier alpha value is -1.34. The van der Waals surface area contributed by atoms with Crippen molar-refractivity contribution in [2.75, 3.05) is 24.8 Å². The Morgan fingerprint density at radius 3 is 3.00 bits per heavy atom. The van der Waals surface area contributed by atoms with Gasteiger partial charge in [-0.1, -0.05) is 0 Å². The van der Waals surface area contributed by atoms with Gasteiger partial charge >= 0.3 is 0 Å². The van der Waals surface area contributed by atoms with Gasteiger partial charge in [-0.2, -0.15) is 0 Å². The maximum Gasteiger partial charge on any atom is 0.183 e. The van der Waals surface area contributed by atoms with Crippen molar-refractivity contribution in [3.05, 3.63) is 12.7 Å². The van der Waals surface area contributed by atoms with Gasteiger partial charge in [-0.05, 0) is 19.1 Å². The smallest absolute Gasteiger partial charge is 0.183 e. The molecule has 0 radical (unpaired) electrons. The zero-order valence-corrected chi connectivity index (χ0v) is 10.4. The van der Waals surface area contributed by atoms with Crippen molar-refractivity contribution in [2.45, 2.75) is 17.9 Å². The number of unbranched alkanes of at least 4 members (excludes halogenated alkanes) is 1. The van der Waals surface area contributed by atoms with E-state index < -0.39 is 0 Å². The van der Waals surface area contributed by atoms with E-state index in [1.165, 1.54) is 0 Å². The SMILES string of the molecule is CSc1ncnc2c1ncn2NCCCCO. The van der Waals surface area contributed by atoms with E-state index in [0.29, 0.717) is 0 Å². The fourth-order valence-electron chi connectivity index (χ4n) is 1.51. The Kier molecular flexibility index (Phi) is 4.16. The summed E-state index contributed by atoms with van der Waals surface area (Å²) < 4.78 is 1.80. The lowest BCUT2D eigenvalue weighted by Gasteiger charge is -2.06. The molecule has 0 aliphatic heterocycles. The van der Waals surface area contributed by atoms with Crippen molar-refractivity contribution in [3.8, 4) is 0 Å². The topological polar surface area (TPSA) is 75.9 Å². The predicted molar refractivity (Wildman–Crippen MR) is 67.7 cm³/mol. The number of hydrogen-bond acceptors (Lipinski definition) is 6. The summed E-state index contributed by atoms with van der Waals surface area (Å²) in [6.45, 7) is 1.01. The first-order chi connectivity index (χ1) is 8.36. The fourth-order valence-corrected chi connectivity index (χ4v) is 2.00. The number of hydrogen-bond donors (Lipinski definition) is 2. The van der Waals surface area contributed by atoms with Gasteiger partial charge in [-0.25, -0.2) is 19.6 Å². The molecular weight excluding hydrogens is 238 g/mol. The largest absolute Gasteiger partial charge is 0.396 e. The molecule has 7 heteroatoms. The summed E-state index contributed by atoms with van der Waals surface area (Å²) >= 11 is 1.56. The minimum atomic E-state index is 0.227. The molecule has 0 spiro atoms. The second-order valence-electron chi connectivity index (χ2n) is 3.51. The molecule has 92 valence electrons. The molecule has 0 fully saturated rings. The van der Waals surface area contributed by atoms with E-state index in [4.69, 9.17) is 5.11 Å². The second kappa shape index (κ2) is 5.83. The average molecular weight is 253 g/mol. The van der Waals surface area contributed by atoms with E-state index in [2.05, 4.69) is 20.4 Å². The van der Waals surface area contributed by atoms with Crippen LogP contribution in [-0.2, 0) is 0 Å². The van der Waals surface area contributed by atoms with Gasteiger partial charge in [0.25, 0.3) is 0 Å². The normalized spacial score (nSPS) is 10.9. The van der Waals surface area contributed by atoms with E-state index in [-0.39, 0.29) is 6.61 Å². The van der Waals surface area contributed by atoms with Gasteiger partial charge in [0.05, 0.1) is 0 Å². The summed E-state index contributed by atoms with van der Waals surface area (Å²) in [6, 6.07) is 0. The Morgan fingerprint density at radius 2 is 2.24 bits per heavy atom. The van der Waals surface area contributed by atoms with Gasteiger partial charge in [0.15, 0.2) is 5.65 Å². The van der Waals surface area contributed by atoms with E-state index in [1.807, 2.05) is 6.26 Å². The molecule has 6 nitrogen and oxygen atoms in total. The number of aliphatic hydroxyl groups excluding tert-OH is 1. The Labute approximate surface area is 103 Å². The van der Waals surface area contributed by atoms with E-state index >= 15 is 0 Å². The van der Waals surface area contributed by atoms with Crippen LogP contribution in [0, 0.1) is 0 Å². The Bertz CT molecular complexity index is 487. The highest BCUT2D eigenvalue weighted by Gasteiger charge is 2.08. The predicted octanol–water partition coefficient (Wildman–Crippen LogP) is 0.864. The molecule has 2 rings (SSSR count). The molecule has 0 saturated carbocycles. The minimum absolute atomic E-state index is 0.227. The maximum absolute atomic E-state index is 8.69. The highest BCUT2D eigenvalue weighted by molar-refractivity contribution is 7.98. The lowest BCUT2D eigenvalue weighted by atomic mass is 10.3. The molecule has 0 aromatic carbocycles. The Morgan fingerprint density at radius 1 is 1.35 bits per heavy atom. The zero-order valence-electron chi connectivity index (χ0n) is 9.63. The van der Waals surface area contributed by atoms with E-state index in [1.54, 1.807) is 29.1 Å². The summed E-state index contributed by atoms with van der Waals surface area (Å²) in [6.07, 6.45) is 6.93. The van der Waals surface area contributed by atoms with Crippen molar-refractivity contribution < 1.29 is 5.11 Å². The van der Waals surface area contributed by atoms with Crippen LogP contribution >= 0.6 is 11.8 Å². The molecule has 0 saturated heterocycles. The molecule has 0 aliphatic rings. The second-order valence-corrected chi connectivity index (χ2v) is 4.30. The van der Waals surface area contributed by atoms with Gasteiger partial charge in [-0.3, -0.25) is 0 Å². The van der Waals surface area contributed by atoms with Crippen LogP contribution in [0.2, 0.25) is 0 Å². The van der Waals surface area contributed by atoms with Crippen LogP contribution in [0.3, 0.4) is 0 Å². The van der Waals surface area contributed by atoms with Crippen molar-refractivity contribution in [1.29, 1.82) is 0 Å². The number of fused-ring (bicyclic) bond motifs is 1. The third-order valence-electron chi connectivity index (χ3n) is 2.36. The van der Waals surface area contributed by atoms with Crippen LogP contribution in [0.1, 0.15) is 12.8 Å². The summed E-state index contributed by atoms with van der Waals surface area (Å²) in [5.74, 6) is 0. The average Bonchev–Trinajstić information content (AvgIpc) is 2.78. The standard InChI is InChI=1S/C10H15N5OS/c1-17-10-8-9(11-6-12-10)15(7-13-8)14-4-2-3-5-16/h6-7,14,16H,2-5H2,1H3. The van der Waals surface area contributed by atoms with Gasteiger partial charge in [-0.15, -0.1) is 11.8 Å². The number of aromatic nitrogens is 4. The lowest BCUT2D eigenvalue weighted by Crippen LogP contribution is -2.15. The summed E-state index contributed by atoms with van der Waals surface area (Å²) in [5.41, 5.74) is 4.80.